The summed E-state index contributed by atoms with van der Waals surface area (Å²) >= 11 is 0. The maximum atomic E-state index is 9.48. The molecule has 1 aliphatic heterocycles. The molecule has 1 aliphatic rings. The van der Waals surface area contributed by atoms with Crippen LogP contribution in [0.1, 0.15) is 18.0 Å². The molecule has 0 radical (unpaired) electrons. The number of hydrogen-bond donors (Lipinski definition) is 1. The molecule has 0 amide bonds. The summed E-state index contributed by atoms with van der Waals surface area (Å²) in [6, 6.07) is 22.5. The van der Waals surface area contributed by atoms with Crippen LogP contribution in [0.2, 0.25) is 0 Å². The molecule has 5 rings (SSSR count). The SMILES string of the molecule is Cl.Cl.N#CC[C@H](c1ccc2ccc3cccc4ccc1c2c34)N1CCNCC1. The third kappa shape index (κ3) is 3.27. The van der Waals surface area contributed by atoms with E-state index in [0.29, 0.717) is 6.42 Å². The van der Waals surface area contributed by atoms with E-state index in [9.17, 15) is 5.26 Å². The van der Waals surface area contributed by atoms with Crippen LogP contribution in [-0.2, 0) is 0 Å². The van der Waals surface area contributed by atoms with E-state index in [2.05, 4.69) is 70.9 Å². The van der Waals surface area contributed by atoms with Crippen LogP contribution in [0.5, 0.6) is 0 Å². The largest absolute Gasteiger partial charge is 0.314 e. The van der Waals surface area contributed by atoms with Gasteiger partial charge in [0.2, 0.25) is 0 Å². The number of rotatable bonds is 3. The summed E-state index contributed by atoms with van der Waals surface area (Å²) in [7, 11) is 0. The molecule has 0 saturated carbocycles. The molecule has 1 fully saturated rings. The highest BCUT2D eigenvalue weighted by Gasteiger charge is 2.24. The predicted molar refractivity (Wildman–Crippen MR) is 122 cm³/mol. The van der Waals surface area contributed by atoms with E-state index in [-0.39, 0.29) is 30.9 Å². The molecule has 1 saturated heterocycles. The van der Waals surface area contributed by atoms with Crippen molar-refractivity contribution in [3.8, 4) is 6.07 Å². The molecule has 28 heavy (non-hydrogen) atoms. The number of nitrogens with zero attached hydrogens (tertiary/aromatic N) is 2. The van der Waals surface area contributed by atoms with Gasteiger partial charge in [-0.15, -0.1) is 24.8 Å². The Balaban J connectivity index is 0.00000112. The maximum Gasteiger partial charge on any atom is 0.0641 e. The van der Waals surface area contributed by atoms with Crippen LogP contribution < -0.4 is 5.32 Å². The molecule has 4 aromatic carbocycles. The Labute approximate surface area is 177 Å². The second kappa shape index (κ2) is 8.51. The first kappa shape index (κ1) is 20.6. The average molecular weight is 412 g/mol. The first-order valence-electron chi connectivity index (χ1n) is 9.35. The zero-order valence-electron chi connectivity index (χ0n) is 15.5. The maximum absolute atomic E-state index is 9.48. The molecule has 3 nitrogen and oxygen atoms in total. The molecule has 4 aromatic rings. The van der Waals surface area contributed by atoms with Crippen molar-refractivity contribution in [2.75, 3.05) is 26.2 Å². The number of nitrogens with one attached hydrogen (secondary N) is 1. The predicted octanol–water partition coefficient (Wildman–Crippen LogP) is 5.29. The fourth-order valence-corrected chi connectivity index (χ4v) is 4.56. The fraction of sp³-hybridized carbons (Fsp3) is 0.261. The minimum Gasteiger partial charge on any atom is -0.314 e. The topological polar surface area (TPSA) is 39.1 Å². The highest BCUT2D eigenvalue weighted by molar-refractivity contribution is 6.23. The van der Waals surface area contributed by atoms with Gasteiger partial charge in [0, 0.05) is 32.2 Å². The molecule has 0 spiro atoms. The van der Waals surface area contributed by atoms with Gasteiger partial charge in [-0.2, -0.15) is 5.26 Å². The van der Waals surface area contributed by atoms with Crippen molar-refractivity contribution in [3.05, 3.63) is 60.2 Å². The van der Waals surface area contributed by atoms with E-state index in [1.807, 2.05) is 0 Å². The van der Waals surface area contributed by atoms with Crippen LogP contribution in [0.15, 0.2) is 54.6 Å². The highest BCUT2D eigenvalue weighted by atomic mass is 35.5. The van der Waals surface area contributed by atoms with Crippen molar-refractivity contribution in [3.63, 3.8) is 0 Å². The van der Waals surface area contributed by atoms with Gasteiger partial charge in [0.05, 0.1) is 12.5 Å². The molecule has 1 N–H and O–H groups in total. The Morgan fingerprint density at radius 1 is 0.857 bits per heavy atom. The molecule has 1 atom stereocenters. The second-order valence-electron chi connectivity index (χ2n) is 7.17. The summed E-state index contributed by atoms with van der Waals surface area (Å²) in [5.41, 5.74) is 1.29. The molecule has 0 bridgehead atoms. The monoisotopic (exact) mass is 411 g/mol. The number of nitriles is 1. The molecule has 1 heterocycles. The van der Waals surface area contributed by atoms with E-state index in [1.165, 1.54) is 37.9 Å². The first-order chi connectivity index (χ1) is 12.9. The Bertz CT molecular complexity index is 1110. The minimum atomic E-state index is 0. The smallest absolute Gasteiger partial charge is 0.0641 e. The fourth-order valence-electron chi connectivity index (χ4n) is 4.56. The Morgan fingerprint density at radius 3 is 2.14 bits per heavy atom. The standard InChI is InChI=1S/C23H21N3.2ClH/c24-11-10-21(26-14-12-25-13-15-26)19-8-6-18-5-4-16-2-1-3-17-7-9-20(19)23(18)22(16)17;;/h1-9,21,25H,10,12-15H2;2*1H/t21-;;/m1../s1. The number of halogens is 2. The summed E-state index contributed by atoms with van der Waals surface area (Å²) in [6.45, 7) is 3.98. The normalized spacial score (nSPS) is 15.8. The van der Waals surface area contributed by atoms with Gasteiger partial charge in [-0.1, -0.05) is 54.6 Å². The molecular weight excluding hydrogens is 389 g/mol. The molecule has 0 aliphatic carbocycles. The summed E-state index contributed by atoms with van der Waals surface area (Å²) < 4.78 is 0. The average Bonchev–Trinajstić information content (AvgIpc) is 2.71. The van der Waals surface area contributed by atoms with Gasteiger partial charge in [0.25, 0.3) is 0 Å². The van der Waals surface area contributed by atoms with E-state index in [0.717, 1.165) is 26.2 Å². The zero-order valence-corrected chi connectivity index (χ0v) is 17.2. The van der Waals surface area contributed by atoms with Gasteiger partial charge >= 0.3 is 0 Å². The van der Waals surface area contributed by atoms with Crippen LogP contribution in [-0.4, -0.2) is 31.1 Å². The number of hydrogen-bond acceptors (Lipinski definition) is 3. The van der Waals surface area contributed by atoms with Crippen molar-refractivity contribution in [2.24, 2.45) is 0 Å². The van der Waals surface area contributed by atoms with E-state index in [1.54, 1.807) is 0 Å². The lowest BCUT2D eigenvalue weighted by Crippen LogP contribution is -2.45. The van der Waals surface area contributed by atoms with Gasteiger partial charge in [0.15, 0.2) is 0 Å². The van der Waals surface area contributed by atoms with E-state index in [4.69, 9.17) is 0 Å². The third-order valence-corrected chi connectivity index (χ3v) is 5.80. The van der Waals surface area contributed by atoms with Gasteiger partial charge in [-0.25, -0.2) is 0 Å². The van der Waals surface area contributed by atoms with Gasteiger partial charge < -0.3 is 5.32 Å². The summed E-state index contributed by atoms with van der Waals surface area (Å²) in [4.78, 5) is 2.46. The highest BCUT2D eigenvalue weighted by Crippen LogP contribution is 2.39. The lowest BCUT2D eigenvalue weighted by molar-refractivity contribution is 0.176. The van der Waals surface area contributed by atoms with Crippen LogP contribution in [0.3, 0.4) is 0 Å². The Hall–Kier alpha value is -2.09. The molecule has 0 aromatic heterocycles. The third-order valence-electron chi connectivity index (χ3n) is 5.80. The van der Waals surface area contributed by atoms with Crippen molar-refractivity contribution >= 4 is 57.1 Å². The lowest BCUT2D eigenvalue weighted by Gasteiger charge is -2.34. The van der Waals surface area contributed by atoms with Gasteiger partial charge in [-0.05, 0) is 37.9 Å². The number of piperazine rings is 1. The van der Waals surface area contributed by atoms with Crippen molar-refractivity contribution < 1.29 is 0 Å². The van der Waals surface area contributed by atoms with Crippen molar-refractivity contribution in [1.82, 2.24) is 10.2 Å². The molecule has 144 valence electrons. The summed E-state index contributed by atoms with van der Waals surface area (Å²) in [5.74, 6) is 0. The summed E-state index contributed by atoms with van der Waals surface area (Å²) in [5, 5.41) is 20.7. The number of benzene rings is 4. The van der Waals surface area contributed by atoms with Gasteiger partial charge in [-0.3, -0.25) is 4.90 Å². The van der Waals surface area contributed by atoms with Crippen LogP contribution in [0.25, 0.3) is 32.3 Å². The minimum absolute atomic E-state index is 0. The van der Waals surface area contributed by atoms with E-state index >= 15 is 0 Å². The van der Waals surface area contributed by atoms with Crippen LogP contribution in [0, 0.1) is 11.3 Å². The van der Waals surface area contributed by atoms with Crippen molar-refractivity contribution in [1.29, 1.82) is 5.26 Å². The lowest BCUT2D eigenvalue weighted by atomic mass is 9.88. The zero-order chi connectivity index (χ0) is 17.5. The molecular formula is C23H23Cl2N3. The quantitative estimate of drug-likeness (QED) is 0.465. The van der Waals surface area contributed by atoms with Crippen molar-refractivity contribution in [2.45, 2.75) is 12.5 Å². The first-order valence-corrected chi connectivity index (χ1v) is 9.35. The van der Waals surface area contributed by atoms with Crippen LogP contribution in [0.4, 0.5) is 0 Å². The second-order valence-corrected chi connectivity index (χ2v) is 7.17. The summed E-state index contributed by atoms with van der Waals surface area (Å²) in [6.07, 6.45) is 0.532. The van der Waals surface area contributed by atoms with E-state index < -0.39 is 0 Å². The molecule has 0 unspecified atom stereocenters. The molecule has 5 heteroatoms. The Kier molecular flexibility index (Phi) is 6.27. The van der Waals surface area contributed by atoms with Crippen LogP contribution >= 0.6 is 24.8 Å². The van der Waals surface area contributed by atoms with Gasteiger partial charge in [0.1, 0.15) is 0 Å². The Morgan fingerprint density at radius 2 is 1.46 bits per heavy atom.